The summed E-state index contributed by atoms with van der Waals surface area (Å²) in [7, 11) is 1.58. The normalized spacial score (nSPS) is 34.6. The van der Waals surface area contributed by atoms with Gasteiger partial charge in [-0.05, 0) is 37.7 Å². The molecule has 2 amide bonds. The first-order valence-corrected chi connectivity index (χ1v) is 10.1. The molecule has 5 atom stereocenters. The number of likely N-dealkylation sites (tertiary alicyclic amines) is 2. The third-order valence-corrected chi connectivity index (χ3v) is 7.16. The van der Waals surface area contributed by atoms with Crippen LogP contribution < -0.4 is 0 Å². The molecule has 0 N–H and O–H groups in total. The molecule has 0 spiro atoms. The molecule has 1 aromatic carbocycles. The molecular formula is C22H30N2O3. The van der Waals surface area contributed by atoms with Gasteiger partial charge >= 0.3 is 0 Å². The van der Waals surface area contributed by atoms with Crippen molar-refractivity contribution in [3.05, 3.63) is 35.9 Å². The van der Waals surface area contributed by atoms with Crippen LogP contribution in [0.3, 0.4) is 0 Å². The number of fused-ring (bicyclic) bond motifs is 1. The molecule has 1 aliphatic carbocycles. The van der Waals surface area contributed by atoms with E-state index >= 15 is 0 Å². The SMILES string of the molecule is COCC(=O)N1[C@H]2CCC[C@H]3N(C(C)=O)[C@H](Cc4ccccc4)[C@@H]1C[C@@]23C. The molecule has 1 saturated carbocycles. The van der Waals surface area contributed by atoms with Gasteiger partial charge in [0.25, 0.3) is 0 Å². The lowest BCUT2D eigenvalue weighted by Crippen LogP contribution is -2.62. The average molecular weight is 370 g/mol. The predicted molar refractivity (Wildman–Crippen MR) is 103 cm³/mol. The highest BCUT2D eigenvalue weighted by molar-refractivity contribution is 5.80. The summed E-state index contributed by atoms with van der Waals surface area (Å²) in [6.45, 7) is 4.10. The largest absolute Gasteiger partial charge is 0.375 e. The van der Waals surface area contributed by atoms with Crippen LogP contribution in [0, 0.1) is 5.41 Å². The van der Waals surface area contributed by atoms with E-state index < -0.39 is 0 Å². The summed E-state index contributed by atoms with van der Waals surface area (Å²) < 4.78 is 5.19. The van der Waals surface area contributed by atoms with Crippen molar-refractivity contribution in [3.63, 3.8) is 0 Å². The Morgan fingerprint density at radius 2 is 1.81 bits per heavy atom. The van der Waals surface area contributed by atoms with Crippen LogP contribution in [0.4, 0.5) is 0 Å². The Balaban J connectivity index is 1.76. The number of methoxy groups -OCH3 is 1. The fourth-order valence-corrected chi connectivity index (χ4v) is 6.19. The summed E-state index contributed by atoms with van der Waals surface area (Å²) in [6.07, 6.45) is 4.91. The van der Waals surface area contributed by atoms with Gasteiger partial charge in [0.05, 0.1) is 12.1 Å². The molecule has 0 aromatic heterocycles. The minimum absolute atomic E-state index is 0.00875. The van der Waals surface area contributed by atoms with Crippen LogP contribution >= 0.6 is 0 Å². The van der Waals surface area contributed by atoms with Gasteiger partial charge in [-0.3, -0.25) is 9.59 Å². The third-order valence-electron chi connectivity index (χ3n) is 7.16. The Morgan fingerprint density at radius 1 is 1.15 bits per heavy atom. The molecule has 2 heterocycles. The lowest BCUT2D eigenvalue weighted by atomic mass is 9.64. The van der Waals surface area contributed by atoms with E-state index in [9.17, 15) is 9.59 Å². The molecule has 27 heavy (non-hydrogen) atoms. The van der Waals surface area contributed by atoms with Gasteiger partial charge in [-0.2, -0.15) is 0 Å². The summed E-state index contributed by atoms with van der Waals surface area (Å²) in [5.41, 5.74) is 1.21. The first kappa shape index (κ1) is 18.5. The third kappa shape index (κ3) is 2.87. The van der Waals surface area contributed by atoms with Crippen molar-refractivity contribution < 1.29 is 14.3 Å². The van der Waals surface area contributed by atoms with E-state index in [2.05, 4.69) is 28.9 Å². The van der Waals surface area contributed by atoms with Crippen molar-refractivity contribution in [1.82, 2.24) is 9.80 Å². The molecule has 3 aliphatic rings. The van der Waals surface area contributed by atoms with Gasteiger partial charge in [0.15, 0.2) is 0 Å². The second kappa shape index (κ2) is 6.93. The van der Waals surface area contributed by atoms with Crippen LogP contribution in [0.15, 0.2) is 30.3 Å². The fraction of sp³-hybridized carbons (Fsp3) is 0.636. The van der Waals surface area contributed by atoms with E-state index in [4.69, 9.17) is 4.74 Å². The number of rotatable bonds is 4. The smallest absolute Gasteiger partial charge is 0.249 e. The second-order valence-corrected chi connectivity index (χ2v) is 8.66. The summed E-state index contributed by atoms with van der Waals surface area (Å²) in [5, 5.41) is 0. The van der Waals surface area contributed by atoms with Gasteiger partial charge in [0.2, 0.25) is 11.8 Å². The highest BCUT2D eigenvalue weighted by atomic mass is 16.5. The maximum Gasteiger partial charge on any atom is 0.249 e. The molecule has 2 saturated heterocycles. The number of ether oxygens (including phenoxy) is 1. The molecule has 5 heteroatoms. The van der Waals surface area contributed by atoms with Gasteiger partial charge in [0, 0.05) is 31.5 Å². The lowest BCUT2D eigenvalue weighted by Gasteiger charge is -2.52. The number of benzene rings is 1. The van der Waals surface area contributed by atoms with Crippen LogP contribution in [0.5, 0.6) is 0 Å². The van der Waals surface area contributed by atoms with E-state index in [1.807, 2.05) is 18.2 Å². The molecule has 2 aliphatic heterocycles. The molecule has 5 nitrogen and oxygen atoms in total. The molecule has 146 valence electrons. The van der Waals surface area contributed by atoms with E-state index in [1.165, 1.54) is 5.56 Å². The number of carbonyl (C=O) groups is 2. The van der Waals surface area contributed by atoms with Crippen molar-refractivity contribution in [1.29, 1.82) is 0 Å². The van der Waals surface area contributed by atoms with Gasteiger partial charge < -0.3 is 14.5 Å². The van der Waals surface area contributed by atoms with Crippen LogP contribution in [0.25, 0.3) is 0 Å². The zero-order valence-corrected chi connectivity index (χ0v) is 16.6. The Hall–Kier alpha value is -1.88. The van der Waals surface area contributed by atoms with Crippen molar-refractivity contribution in [3.8, 4) is 0 Å². The summed E-state index contributed by atoms with van der Waals surface area (Å²) in [6, 6.07) is 10.9. The molecule has 1 aromatic rings. The zero-order chi connectivity index (χ0) is 19.2. The van der Waals surface area contributed by atoms with Crippen LogP contribution in [0.1, 0.15) is 45.1 Å². The van der Waals surface area contributed by atoms with Crippen molar-refractivity contribution in [2.45, 2.75) is 70.1 Å². The average Bonchev–Trinajstić information content (AvgIpc) is 2.95. The number of hydrogen-bond acceptors (Lipinski definition) is 3. The van der Waals surface area contributed by atoms with E-state index in [0.717, 1.165) is 32.1 Å². The Labute approximate surface area is 161 Å². The highest BCUT2D eigenvalue weighted by Crippen LogP contribution is 2.56. The number of nitrogens with zero attached hydrogens (tertiary/aromatic N) is 2. The van der Waals surface area contributed by atoms with Crippen LogP contribution in [-0.2, 0) is 20.7 Å². The van der Waals surface area contributed by atoms with Gasteiger partial charge in [-0.15, -0.1) is 0 Å². The first-order valence-electron chi connectivity index (χ1n) is 10.1. The Bertz CT molecular complexity index is 722. The second-order valence-electron chi connectivity index (χ2n) is 8.66. The number of amides is 2. The standard InChI is InChI=1S/C22H30N2O3/c1-15(25)23-17(12-16-8-5-4-6-9-16)18-13-22(2)19(23)10-7-11-20(22)24(18)21(26)14-27-3/h4-6,8-9,17-20H,7,10-14H2,1-3H3/t17-,18+,19-,20+,22-/m1/s1. The molecule has 0 radical (unpaired) electrons. The number of hydrogen-bond donors (Lipinski definition) is 0. The highest BCUT2D eigenvalue weighted by Gasteiger charge is 2.64. The van der Waals surface area contributed by atoms with E-state index in [-0.39, 0.29) is 48.0 Å². The van der Waals surface area contributed by atoms with Crippen molar-refractivity contribution >= 4 is 11.8 Å². The summed E-state index contributed by atoms with van der Waals surface area (Å²) in [4.78, 5) is 30.0. The monoisotopic (exact) mass is 370 g/mol. The lowest BCUT2D eigenvalue weighted by molar-refractivity contribution is -0.143. The minimum atomic E-state index is -0.00875. The number of carbonyl (C=O) groups excluding carboxylic acids is 2. The van der Waals surface area contributed by atoms with Gasteiger partial charge in [0.1, 0.15) is 6.61 Å². The van der Waals surface area contributed by atoms with Gasteiger partial charge in [-0.25, -0.2) is 0 Å². The predicted octanol–water partition coefficient (Wildman–Crippen LogP) is 2.63. The van der Waals surface area contributed by atoms with Gasteiger partial charge in [-0.1, -0.05) is 37.3 Å². The summed E-state index contributed by atoms with van der Waals surface area (Å²) in [5.74, 6) is 0.207. The minimum Gasteiger partial charge on any atom is -0.375 e. The van der Waals surface area contributed by atoms with Crippen molar-refractivity contribution in [2.24, 2.45) is 5.41 Å². The zero-order valence-electron chi connectivity index (χ0n) is 16.6. The Kier molecular flexibility index (Phi) is 4.75. The molecular weight excluding hydrogens is 340 g/mol. The van der Waals surface area contributed by atoms with Crippen molar-refractivity contribution in [2.75, 3.05) is 13.7 Å². The quantitative estimate of drug-likeness (QED) is 0.819. The van der Waals surface area contributed by atoms with Crippen LogP contribution in [0.2, 0.25) is 0 Å². The summed E-state index contributed by atoms with van der Waals surface area (Å²) >= 11 is 0. The first-order chi connectivity index (χ1) is 13.0. The molecule has 2 bridgehead atoms. The molecule has 0 unspecified atom stereocenters. The van der Waals surface area contributed by atoms with E-state index in [0.29, 0.717) is 0 Å². The molecule has 3 fully saturated rings. The Morgan fingerprint density at radius 3 is 2.44 bits per heavy atom. The fourth-order valence-electron chi connectivity index (χ4n) is 6.19. The maximum absolute atomic E-state index is 13.0. The maximum atomic E-state index is 13.0. The van der Waals surface area contributed by atoms with Crippen LogP contribution in [-0.4, -0.2) is 59.5 Å². The molecule has 4 rings (SSSR count). The topological polar surface area (TPSA) is 49.9 Å². The number of piperidine rings is 1. The van der Waals surface area contributed by atoms with E-state index in [1.54, 1.807) is 14.0 Å².